The average molecular weight is 233 g/mol. The number of benzene rings is 1. The highest BCUT2D eigenvalue weighted by molar-refractivity contribution is 5.92. The number of nitrogens with one attached hydrogen (secondary N) is 1. The summed E-state index contributed by atoms with van der Waals surface area (Å²) in [6.07, 6.45) is 4.77. The van der Waals surface area contributed by atoms with Gasteiger partial charge in [0.2, 0.25) is 5.91 Å². The average Bonchev–Trinajstić information content (AvgIpc) is 2.78. The quantitative estimate of drug-likeness (QED) is 0.770. The standard InChI is InChI=1S/C14H19NO2/c1-9-7-8-12(11-5-3-4-6-11)13(14(9)17)15-10(2)16/h7-8,11,17H,3-6H2,1-2H3,(H,15,16). The van der Waals surface area contributed by atoms with Crippen LogP contribution >= 0.6 is 0 Å². The molecule has 1 aliphatic rings. The lowest BCUT2D eigenvalue weighted by Crippen LogP contribution is -2.10. The first kappa shape index (κ1) is 12.0. The maximum absolute atomic E-state index is 11.2. The zero-order valence-corrected chi connectivity index (χ0v) is 10.4. The van der Waals surface area contributed by atoms with Crippen LogP contribution in [0.3, 0.4) is 0 Å². The van der Waals surface area contributed by atoms with E-state index in [4.69, 9.17) is 0 Å². The van der Waals surface area contributed by atoms with Gasteiger partial charge < -0.3 is 10.4 Å². The number of hydrogen-bond donors (Lipinski definition) is 2. The first-order valence-electron chi connectivity index (χ1n) is 6.19. The Balaban J connectivity index is 2.42. The Morgan fingerprint density at radius 3 is 2.59 bits per heavy atom. The fraction of sp³-hybridized carbons (Fsp3) is 0.500. The molecular weight excluding hydrogens is 214 g/mol. The Bertz CT molecular complexity index is 434. The van der Waals surface area contributed by atoms with Crippen LogP contribution in [-0.2, 0) is 4.79 Å². The zero-order chi connectivity index (χ0) is 12.4. The van der Waals surface area contributed by atoms with Crippen LogP contribution in [0, 0.1) is 6.92 Å². The number of carbonyl (C=O) groups is 1. The topological polar surface area (TPSA) is 49.3 Å². The summed E-state index contributed by atoms with van der Waals surface area (Å²) in [5, 5.41) is 12.8. The van der Waals surface area contributed by atoms with Crippen molar-refractivity contribution in [3.63, 3.8) is 0 Å². The van der Waals surface area contributed by atoms with E-state index in [0.717, 1.165) is 24.0 Å². The van der Waals surface area contributed by atoms with Gasteiger partial charge in [0.15, 0.2) is 0 Å². The number of carbonyl (C=O) groups excluding carboxylic acids is 1. The highest BCUT2D eigenvalue weighted by Crippen LogP contribution is 2.42. The van der Waals surface area contributed by atoms with Crippen molar-refractivity contribution < 1.29 is 9.90 Å². The molecule has 0 spiro atoms. The van der Waals surface area contributed by atoms with Gasteiger partial charge in [-0.2, -0.15) is 0 Å². The highest BCUT2D eigenvalue weighted by Gasteiger charge is 2.22. The van der Waals surface area contributed by atoms with Gasteiger partial charge in [0.25, 0.3) is 0 Å². The molecule has 1 fully saturated rings. The van der Waals surface area contributed by atoms with Crippen molar-refractivity contribution in [2.75, 3.05) is 5.32 Å². The van der Waals surface area contributed by atoms with E-state index in [9.17, 15) is 9.90 Å². The Hall–Kier alpha value is -1.51. The van der Waals surface area contributed by atoms with Gasteiger partial charge >= 0.3 is 0 Å². The smallest absolute Gasteiger partial charge is 0.221 e. The summed E-state index contributed by atoms with van der Waals surface area (Å²) < 4.78 is 0. The van der Waals surface area contributed by atoms with Crippen molar-refractivity contribution in [1.29, 1.82) is 0 Å². The summed E-state index contributed by atoms with van der Waals surface area (Å²) in [5.74, 6) is 0.554. The minimum atomic E-state index is -0.134. The molecule has 17 heavy (non-hydrogen) atoms. The SMILES string of the molecule is CC(=O)Nc1c(C2CCCC2)ccc(C)c1O. The Labute approximate surface area is 102 Å². The van der Waals surface area contributed by atoms with Gasteiger partial charge in [-0.05, 0) is 36.8 Å². The van der Waals surface area contributed by atoms with E-state index in [1.54, 1.807) is 0 Å². The molecule has 1 saturated carbocycles. The van der Waals surface area contributed by atoms with Crippen molar-refractivity contribution in [2.24, 2.45) is 0 Å². The van der Waals surface area contributed by atoms with Gasteiger partial charge in [-0.15, -0.1) is 0 Å². The van der Waals surface area contributed by atoms with E-state index < -0.39 is 0 Å². The number of amides is 1. The first-order chi connectivity index (χ1) is 8.09. The highest BCUT2D eigenvalue weighted by atomic mass is 16.3. The van der Waals surface area contributed by atoms with Crippen LogP contribution in [-0.4, -0.2) is 11.0 Å². The molecule has 0 aliphatic heterocycles. The molecule has 2 rings (SSSR count). The van der Waals surface area contributed by atoms with Gasteiger partial charge in [0.05, 0.1) is 5.69 Å². The number of phenolic OH excluding ortho intramolecular Hbond substituents is 1. The van der Waals surface area contributed by atoms with Crippen LogP contribution in [0.1, 0.15) is 49.7 Å². The van der Waals surface area contributed by atoms with Crippen LogP contribution in [0.4, 0.5) is 5.69 Å². The molecule has 2 N–H and O–H groups in total. The maximum Gasteiger partial charge on any atom is 0.221 e. The van der Waals surface area contributed by atoms with Gasteiger partial charge in [-0.25, -0.2) is 0 Å². The first-order valence-corrected chi connectivity index (χ1v) is 6.19. The summed E-state index contributed by atoms with van der Waals surface area (Å²) in [6, 6.07) is 3.96. The summed E-state index contributed by atoms with van der Waals surface area (Å²) in [6.45, 7) is 3.32. The molecule has 3 heteroatoms. The molecule has 92 valence electrons. The molecule has 3 nitrogen and oxygen atoms in total. The van der Waals surface area contributed by atoms with E-state index in [1.165, 1.54) is 19.8 Å². The molecule has 1 amide bonds. The zero-order valence-electron chi connectivity index (χ0n) is 10.4. The van der Waals surface area contributed by atoms with Gasteiger partial charge in [0.1, 0.15) is 5.75 Å². The second kappa shape index (κ2) is 4.78. The van der Waals surface area contributed by atoms with Gasteiger partial charge in [-0.3, -0.25) is 4.79 Å². The molecular formula is C14H19NO2. The third-order valence-corrected chi connectivity index (χ3v) is 3.51. The largest absolute Gasteiger partial charge is 0.505 e. The van der Waals surface area contributed by atoms with Crippen LogP contribution in [0.2, 0.25) is 0 Å². The lowest BCUT2D eigenvalue weighted by atomic mass is 9.94. The van der Waals surface area contributed by atoms with E-state index >= 15 is 0 Å². The van der Waals surface area contributed by atoms with Crippen molar-refractivity contribution in [3.8, 4) is 5.75 Å². The van der Waals surface area contributed by atoms with Crippen molar-refractivity contribution in [2.45, 2.75) is 45.4 Å². The number of anilines is 1. The van der Waals surface area contributed by atoms with Gasteiger partial charge in [-0.1, -0.05) is 25.0 Å². The fourth-order valence-corrected chi connectivity index (χ4v) is 2.60. The summed E-state index contributed by atoms with van der Waals surface area (Å²) in [4.78, 5) is 11.2. The number of aromatic hydroxyl groups is 1. The third kappa shape index (κ3) is 2.43. The van der Waals surface area contributed by atoms with E-state index in [-0.39, 0.29) is 11.7 Å². The molecule has 1 aromatic rings. The summed E-state index contributed by atoms with van der Waals surface area (Å²) >= 11 is 0. The van der Waals surface area contributed by atoms with Crippen molar-refractivity contribution >= 4 is 11.6 Å². The molecule has 0 radical (unpaired) electrons. The minimum Gasteiger partial charge on any atom is -0.505 e. The number of rotatable bonds is 2. The Kier molecular flexibility index (Phi) is 3.36. The lowest BCUT2D eigenvalue weighted by molar-refractivity contribution is -0.114. The second-order valence-electron chi connectivity index (χ2n) is 4.86. The number of phenols is 1. The molecule has 0 unspecified atom stereocenters. The normalized spacial score (nSPS) is 16.1. The van der Waals surface area contributed by atoms with Crippen LogP contribution in [0.25, 0.3) is 0 Å². The van der Waals surface area contributed by atoms with Crippen LogP contribution < -0.4 is 5.32 Å². The molecule has 0 heterocycles. The Morgan fingerprint density at radius 2 is 2.00 bits per heavy atom. The predicted molar refractivity (Wildman–Crippen MR) is 68.4 cm³/mol. The Morgan fingerprint density at radius 1 is 1.35 bits per heavy atom. The molecule has 0 bridgehead atoms. The van der Waals surface area contributed by atoms with Crippen molar-refractivity contribution in [1.82, 2.24) is 0 Å². The molecule has 0 atom stereocenters. The van der Waals surface area contributed by atoms with E-state index in [1.807, 2.05) is 19.1 Å². The summed E-state index contributed by atoms with van der Waals surface area (Å²) in [7, 11) is 0. The predicted octanol–water partition coefficient (Wildman–Crippen LogP) is 3.32. The monoisotopic (exact) mass is 233 g/mol. The molecule has 1 aromatic carbocycles. The number of aryl methyl sites for hydroxylation is 1. The van der Waals surface area contributed by atoms with Crippen LogP contribution in [0.5, 0.6) is 5.75 Å². The van der Waals surface area contributed by atoms with E-state index in [0.29, 0.717) is 11.6 Å². The summed E-state index contributed by atoms with van der Waals surface area (Å²) in [5.41, 5.74) is 2.50. The number of hydrogen-bond acceptors (Lipinski definition) is 2. The third-order valence-electron chi connectivity index (χ3n) is 3.51. The second-order valence-corrected chi connectivity index (χ2v) is 4.86. The lowest BCUT2D eigenvalue weighted by Gasteiger charge is -2.18. The van der Waals surface area contributed by atoms with Crippen molar-refractivity contribution in [3.05, 3.63) is 23.3 Å². The van der Waals surface area contributed by atoms with E-state index in [2.05, 4.69) is 5.32 Å². The van der Waals surface area contributed by atoms with Gasteiger partial charge in [0, 0.05) is 6.92 Å². The minimum absolute atomic E-state index is 0.134. The molecule has 1 aliphatic carbocycles. The molecule has 0 aromatic heterocycles. The van der Waals surface area contributed by atoms with Crippen LogP contribution in [0.15, 0.2) is 12.1 Å². The maximum atomic E-state index is 11.2. The molecule has 0 saturated heterocycles. The fourth-order valence-electron chi connectivity index (χ4n) is 2.60.